The Kier molecular flexibility index (Phi) is 3.86. The Morgan fingerprint density at radius 2 is 1.89 bits per heavy atom. The van der Waals surface area contributed by atoms with Gasteiger partial charge in [-0.1, -0.05) is 6.42 Å². The maximum Gasteiger partial charge on any atom is 0.306 e. The molecule has 2 unspecified atom stereocenters. The summed E-state index contributed by atoms with van der Waals surface area (Å²) in [5.41, 5.74) is 0. The highest BCUT2D eigenvalue weighted by atomic mass is 16.4. The average Bonchev–Trinajstić information content (AvgIpc) is 2.40. The third-order valence-corrected chi connectivity index (χ3v) is 3.20. The first-order chi connectivity index (χ1) is 8.66. The lowest BCUT2D eigenvalue weighted by molar-refractivity contribution is -0.143. The first-order valence-electron chi connectivity index (χ1n) is 5.97. The molecular formula is C12H15N3O3. The fraction of sp³-hybridized carbons (Fsp3) is 0.500. The molecule has 1 aromatic heterocycles. The first-order valence-corrected chi connectivity index (χ1v) is 5.97. The monoisotopic (exact) mass is 249 g/mol. The fourth-order valence-corrected chi connectivity index (χ4v) is 2.23. The van der Waals surface area contributed by atoms with Gasteiger partial charge in [0, 0.05) is 18.3 Å². The van der Waals surface area contributed by atoms with Crippen LogP contribution in [0.25, 0.3) is 0 Å². The van der Waals surface area contributed by atoms with Gasteiger partial charge in [-0.3, -0.25) is 14.9 Å². The second-order valence-electron chi connectivity index (χ2n) is 4.46. The van der Waals surface area contributed by atoms with Crippen LogP contribution in [0.15, 0.2) is 18.5 Å². The molecule has 0 spiro atoms. The zero-order valence-corrected chi connectivity index (χ0v) is 9.87. The van der Waals surface area contributed by atoms with Gasteiger partial charge in [0.05, 0.1) is 5.92 Å². The van der Waals surface area contributed by atoms with Gasteiger partial charge < -0.3 is 5.11 Å². The Labute approximate surface area is 104 Å². The highest BCUT2D eigenvalue weighted by Crippen LogP contribution is 2.29. The molecule has 0 aromatic carbocycles. The van der Waals surface area contributed by atoms with Gasteiger partial charge in [0.15, 0.2) is 0 Å². The number of carbonyl (C=O) groups excluding carboxylic acids is 1. The molecule has 0 radical (unpaired) electrons. The maximum absolute atomic E-state index is 12.0. The SMILES string of the molecule is O=C(O)C1CCCC(C(=O)Nc2ncccn2)C1. The zero-order valence-electron chi connectivity index (χ0n) is 9.87. The Morgan fingerprint density at radius 1 is 1.22 bits per heavy atom. The molecule has 2 atom stereocenters. The topological polar surface area (TPSA) is 92.2 Å². The minimum Gasteiger partial charge on any atom is -0.481 e. The Hall–Kier alpha value is -1.98. The van der Waals surface area contributed by atoms with Crippen LogP contribution >= 0.6 is 0 Å². The summed E-state index contributed by atoms with van der Waals surface area (Å²) in [6.07, 6.45) is 5.63. The number of hydrogen-bond donors (Lipinski definition) is 2. The lowest BCUT2D eigenvalue weighted by Gasteiger charge is -2.25. The minimum atomic E-state index is -0.816. The van der Waals surface area contributed by atoms with Gasteiger partial charge >= 0.3 is 5.97 Å². The van der Waals surface area contributed by atoms with Gasteiger partial charge in [-0.05, 0) is 25.3 Å². The lowest BCUT2D eigenvalue weighted by atomic mass is 9.81. The van der Waals surface area contributed by atoms with Crippen molar-refractivity contribution in [3.63, 3.8) is 0 Å². The first kappa shape index (κ1) is 12.5. The van der Waals surface area contributed by atoms with Crippen LogP contribution in [-0.2, 0) is 9.59 Å². The molecule has 6 heteroatoms. The summed E-state index contributed by atoms with van der Waals surface area (Å²) < 4.78 is 0. The standard InChI is InChI=1S/C12H15N3O3/c16-10(15-12-13-5-2-6-14-12)8-3-1-4-9(7-8)11(17)18/h2,5-6,8-9H,1,3-4,7H2,(H,17,18)(H,13,14,15,16). The number of aliphatic carboxylic acids is 1. The van der Waals surface area contributed by atoms with E-state index in [0.717, 1.165) is 12.8 Å². The van der Waals surface area contributed by atoms with Crippen LogP contribution in [0.4, 0.5) is 5.95 Å². The molecule has 6 nitrogen and oxygen atoms in total. The van der Waals surface area contributed by atoms with Crippen molar-refractivity contribution in [3.8, 4) is 0 Å². The van der Waals surface area contributed by atoms with Gasteiger partial charge in [-0.2, -0.15) is 0 Å². The van der Waals surface area contributed by atoms with Crippen LogP contribution in [-0.4, -0.2) is 27.0 Å². The Bertz CT molecular complexity index is 435. The maximum atomic E-state index is 12.0. The van der Waals surface area contributed by atoms with E-state index >= 15 is 0 Å². The lowest BCUT2D eigenvalue weighted by Crippen LogP contribution is -2.31. The number of carboxylic acids is 1. The summed E-state index contributed by atoms with van der Waals surface area (Å²) in [6, 6.07) is 1.66. The van der Waals surface area contributed by atoms with E-state index in [1.807, 2.05) is 0 Å². The highest BCUT2D eigenvalue weighted by molar-refractivity contribution is 5.91. The number of anilines is 1. The summed E-state index contributed by atoms with van der Waals surface area (Å²) in [6.45, 7) is 0. The number of nitrogens with one attached hydrogen (secondary N) is 1. The molecule has 2 rings (SSSR count). The van der Waals surface area contributed by atoms with Crippen molar-refractivity contribution >= 4 is 17.8 Å². The summed E-state index contributed by atoms with van der Waals surface area (Å²) in [7, 11) is 0. The number of aromatic nitrogens is 2. The van der Waals surface area contributed by atoms with Crippen LogP contribution in [0.2, 0.25) is 0 Å². The van der Waals surface area contributed by atoms with E-state index in [2.05, 4.69) is 15.3 Å². The molecule has 1 aliphatic rings. The molecule has 96 valence electrons. The predicted molar refractivity (Wildman–Crippen MR) is 63.7 cm³/mol. The van der Waals surface area contributed by atoms with Crippen LogP contribution in [0, 0.1) is 11.8 Å². The van der Waals surface area contributed by atoms with Crippen molar-refractivity contribution in [2.24, 2.45) is 11.8 Å². The van der Waals surface area contributed by atoms with Gasteiger partial charge in [0.25, 0.3) is 0 Å². The normalized spacial score (nSPS) is 23.3. The van der Waals surface area contributed by atoms with Crippen molar-refractivity contribution in [2.75, 3.05) is 5.32 Å². The van der Waals surface area contributed by atoms with E-state index in [9.17, 15) is 9.59 Å². The second-order valence-corrected chi connectivity index (χ2v) is 4.46. The van der Waals surface area contributed by atoms with Crippen LogP contribution in [0.5, 0.6) is 0 Å². The summed E-state index contributed by atoms with van der Waals surface area (Å²) in [5.74, 6) is -1.41. The van der Waals surface area contributed by atoms with Crippen LogP contribution in [0.1, 0.15) is 25.7 Å². The van der Waals surface area contributed by atoms with Crippen molar-refractivity contribution in [1.82, 2.24) is 9.97 Å². The summed E-state index contributed by atoms with van der Waals surface area (Å²) >= 11 is 0. The number of carboxylic acid groups (broad SMARTS) is 1. The molecule has 1 aliphatic carbocycles. The predicted octanol–water partition coefficient (Wildman–Crippen LogP) is 1.31. The van der Waals surface area contributed by atoms with Crippen molar-refractivity contribution in [1.29, 1.82) is 0 Å². The number of amides is 1. The van der Waals surface area contributed by atoms with Gasteiger partial charge in [-0.25, -0.2) is 9.97 Å². The van der Waals surface area contributed by atoms with Gasteiger partial charge in [0.1, 0.15) is 0 Å². The average molecular weight is 249 g/mol. The van der Waals surface area contributed by atoms with Crippen molar-refractivity contribution in [2.45, 2.75) is 25.7 Å². The fourth-order valence-electron chi connectivity index (χ4n) is 2.23. The van der Waals surface area contributed by atoms with E-state index in [1.165, 1.54) is 0 Å². The van der Waals surface area contributed by atoms with Crippen LogP contribution in [0.3, 0.4) is 0 Å². The van der Waals surface area contributed by atoms with E-state index < -0.39 is 11.9 Å². The van der Waals surface area contributed by atoms with E-state index in [0.29, 0.717) is 12.8 Å². The number of carbonyl (C=O) groups is 2. The molecular weight excluding hydrogens is 234 g/mol. The van der Waals surface area contributed by atoms with Gasteiger partial charge in [-0.15, -0.1) is 0 Å². The van der Waals surface area contributed by atoms with E-state index in [1.54, 1.807) is 18.5 Å². The molecule has 0 saturated heterocycles. The third kappa shape index (κ3) is 3.03. The molecule has 0 bridgehead atoms. The number of rotatable bonds is 3. The quantitative estimate of drug-likeness (QED) is 0.842. The smallest absolute Gasteiger partial charge is 0.306 e. The summed E-state index contributed by atoms with van der Waals surface area (Å²) in [5, 5.41) is 11.6. The third-order valence-electron chi connectivity index (χ3n) is 3.20. The minimum absolute atomic E-state index is 0.188. The largest absolute Gasteiger partial charge is 0.481 e. The molecule has 1 fully saturated rings. The van der Waals surface area contributed by atoms with E-state index in [-0.39, 0.29) is 17.8 Å². The van der Waals surface area contributed by atoms with Gasteiger partial charge in [0.2, 0.25) is 11.9 Å². The molecule has 1 heterocycles. The molecule has 0 aliphatic heterocycles. The number of hydrogen-bond acceptors (Lipinski definition) is 4. The molecule has 1 aromatic rings. The molecule has 1 amide bonds. The molecule has 2 N–H and O–H groups in total. The van der Waals surface area contributed by atoms with E-state index in [4.69, 9.17) is 5.11 Å². The van der Waals surface area contributed by atoms with Crippen LogP contribution < -0.4 is 5.32 Å². The highest BCUT2D eigenvalue weighted by Gasteiger charge is 2.31. The Balaban J connectivity index is 1.95. The number of nitrogens with zero attached hydrogens (tertiary/aromatic N) is 2. The molecule has 1 saturated carbocycles. The molecule has 18 heavy (non-hydrogen) atoms. The van der Waals surface area contributed by atoms with Crippen molar-refractivity contribution in [3.05, 3.63) is 18.5 Å². The summed E-state index contributed by atoms with van der Waals surface area (Å²) in [4.78, 5) is 30.7. The Morgan fingerprint density at radius 3 is 2.56 bits per heavy atom. The second kappa shape index (κ2) is 5.57. The zero-order chi connectivity index (χ0) is 13.0. The van der Waals surface area contributed by atoms with Crippen molar-refractivity contribution < 1.29 is 14.7 Å².